The minimum atomic E-state index is 0.246. The molecular weight excluding hydrogens is 238 g/mol. The van der Waals surface area contributed by atoms with E-state index in [9.17, 15) is 0 Å². The van der Waals surface area contributed by atoms with Crippen LogP contribution in [0.2, 0.25) is 0 Å². The van der Waals surface area contributed by atoms with Gasteiger partial charge in [-0.3, -0.25) is 4.68 Å². The van der Waals surface area contributed by atoms with Gasteiger partial charge in [0, 0.05) is 32.4 Å². The molecule has 0 bridgehead atoms. The van der Waals surface area contributed by atoms with Crippen LogP contribution in [-0.2, 0) is 20.5 Å². The van der Waals surface area contributed by atoms with Gasteiger partial charge in [-0.25, -0.2) is 4.98 Å². The third-order valence-corrected chi connectivity index (χ3v) is 3.23. The summed E-state index contributed by atoms with van der Waals surface area (Å²) in [7, 11) is 4.00. The Kier molecular flexibility index (Phi) is 4.37. The predicted octanol–water partition coefficient (Wildman–Crippen LogP) is 1.75. The number of hydrogen-bond donors (Lipinski definition) is 1. The maximum atomic E-state index is 4.47. The molecule has 0 aliphatic carbocycles. The zero-order valence-electron chi connectivity index (χ0n) is 12.2. The Balaban J connectivity index is 2.16. The Hall–Kier alpha value is -1.62. The number of imidazole rings is 1. The summed E-state index contributed by atoms with van der Waals surface area (Å²) in [6, 6.07) is 2.39. The van der Waals surface area contributed by atoms with Gasteiger partial charge >= 0.3 is 0 Å². The zero-order chi connectivity index (χ0) is 13.8. The molecule has 2 aromatic rings. The molecule has 1 unspecified atom stereocenters. The van der Waals surface area contributed by atoms with Gasteiger partial charge in [0.2, 0.25) is 0 Å². The van der Waals surface area contributed by atoms with Crippen LogP contribution in [0.5, 0.6) is 0 Å². The fraction of sp³-hybridized carbons (Fsp3) is 0.571. The lowest BCUT2D eigenvalue weighted by molar-refractivity contribution is 0.503. The highest BCUT2D eigenvalue weighted by molar-refractivity contribution is 5.14. The summed E-state index contributed by atoms with van der Waals surface area (Å²) in [5.74, 6) is 0. The van der Waals surface area contributed by atoms with Gasteiger partial charge in [0.1, 0.15) is 0 Å². The smallest absolute Gasteiger partial charge is 0.0947 e. The van der Waals surface area contributed by atoms with Gasteiger partial charge < -0.3 is 9.88 Å². The third kappa shape index (κ3) is 3.44. The van der Waals surface area contributed by atoms with E-state index in [-0.39, 0.29) is 6.04 Å². The van der Waals surface area contributed by atoms with Crippen molar-refractivity contribution in [3.8, 4) is 0 Å². The SMILES string of the molecule is CCCNC(Cc1cc(C)nn1C)c1cn(C)cn1. The van der Waals surface area contributed by atoms with Gasteiger partial charge in [0.15, 0.2) is 0 Å². The van der Waals surface area contributed by atoms with Crippen LogP contribution < -0.4 is 5.32 Å². The number of hydrogen-bond acceptors (Lipinski definition) is 3. The largest absolute Gasteiger partial charge is 0.340 e. The van der Waals surface area contributed by atoms with Gasteiger partial charge in [0.05, 0.1) is 23.8 Å². The zero-order valence-corrected chi connectivity index (χ0v) is 12.2. The molecule has 0 aromatic carbocycles. The fourth-order valence-electron chi connectivity index (χ4n) is 2.28. The molecule has 0 aliphatic rings. The van der Waals surface area contributed by atoms with E-state index in [4.69, 9.17) is 0 Å². The summed E-state index contributed by atoms with van der Waals surface area (Å²) in [4.78, 5) is 4.47. The first-order valence-corrected chi connectivity index (χ1v) is 6.81. The summed E-state index contributed by atoms with van der Waals surface area (Å²) in [5.41, 5.74) is 3.39. The highest BCUT2D eigenvalue weighted by atomic mass is 15.3. The molecule has 2 aromatic heterocycles. The molecule has 0 radical (unpaired) electrons. The Labute approximate surface area is 114 Å². The molecule has 0 aliphatic heterocycles. The van der Waals surface area contributed by atoms with E-state index < -0.39 is 0 Å². The summed E-state index contributed by atoms with van der Waals surface area (Å²) in [5, 5.41) is 7.97. The Bertz CT molecular complexity index is 526. The molecule has 19 heavy (non-hydrogen) atoms. The van der Waals surface area contributed by atoms with Crippen molar-refractivity contribution in [1.29, 1.82) is 0 Å². The van der Waals surface area contributed by atoms with Crippen molar-refractivity contribution in [3.63, 3.8) is 0 Å². The first kappa shape index (κ1) is 13.8. The normalized spacial score (nSPS) is 12.8. The molecular formula is C14H23N5. The number of aryl methyl sites for hydroxylation is 3. The molecule has 0 fully saturated rings. The minimum Gasteiger partial charge on any atom is -0.340 e. The van der Waals surface area contributed by atoms with Gasteiger partial charge in [-0.2, -0.15) is 5.10 Å². The molecule has 2 rings (SSSR count). The topological polar surface area (TPSA) is 47.7 Å². The van der Waals surface area contributed by atoms with Crippen molar-refractivity contribution < 1.29 is 0 Å². The van der Waals surface area contributed by atoms with Crippen molar-refractivity contribution in [2.45, 2.75) is 32.7 Å². The Morgan fingerprint density at radius 2 is 2.16 bits per heavy atom. The number of nitrogens with zero attached hydrogens (tertiary/aromatic N) is 4. The van der Waals surface area contributed by atoms with Crippen LogP contribution >= 0.6 is 0 Å². The van der Waals surface area contributed by atoms with E-state index in [2.05, 4.69) is 34.6 Å². The lowest BCUT2D eigenvalue weighted by Gasteiger charge is -2.16. The maximum absolute atomic E-state index is 4.47. The van der Waals surface area contributed by atoms with Crippen LogP contribution in [0.1, 0.15) is 36.5 Å². The first-order valence-electron chi connectivity index (χ1n) is 6.81. The fourth-order valence-corrected chi connectivity index (χ4v) is 2.28. The second kappa shape index (κ2) is 6.02. The second-order valence-corrected chi connectivity index (χ2v) is 5.08. The number of rotatable bonds is 6. The molecule has 1 N–H and O–H groups in total. The van der Waals surface area contributed by atoms with Crippen molar-refractivity contribution in [1.82, 2.24) is 24.6 Å². The van der Waals surface area contributed by atoms with Gasteiger partial charge in [-0.1, -0.05) is 6.92 Å². The van der Waals surface area contributed by atoms with Crippen molar-refractivity contribution in [2.75, 3.05) is 6.54 Å². The van der Waals surface area contributed by atoms with Crippen molar-refractivity contribution >= 4 is 0 Å². The molecule has 0 saturated carbocycles. The minimum absolute atomic E-state index is 0.246. The van der Waals surface area contributed by atoms with E-state index in [0.29, 0.717) is 0 Å². The molecule has 5 nitrogen and oxygen atoms in total. The average molecular weight is 261 g/mol. The molecule has 0 saturated heterocycles. The lowest BCUT2D eigenvalue weighted by Crippen LogP contribution is -2.25. The van der Waals surface area contributed by atoms with Crippen LogP contribution in [0.4, 0.5) is 0 Å². The summed E-state index contributed by atoms with van der Waals surface area (Å²) in [6.45, 7) is 5.20. The van der Waals surface area contributed by atoms with E-state index in [1.165, 1.54) is 5.69 Å². The highest BCUT2D eigenvalue weighted by Gasteiger charge is 2.16. The van der Waals surface area contributed by atoms with Gasteiger partial charge in [-0.15, -0.1) is 0 Å². The van der Waals surface area contributed by atoms with Crippen LogP contribution in [0, 0.1) is 6.92 Å². The second-order valence-electron chi connectivity index (χ2n) is 5.08. The quantitative estimate of drug-likeness (QED) is 0.861. The molecule has 0 spiro atoms. The van der Waals surface area contributed by atoms with Crippen LogP contribution in [0.15, 0.2) is 18.6 Å². The van der Waals surface area contributed by atoms with E-state index in [0.717, 1.165) is 30.8 Å². The first-order chi connectivity index (χ1) is 9.10. The standard InChI is InChI=1S/C14H23N5/c1-5-6-15-13(14-9-18(3)10-16-14)8-12-7-11(2)17-19(12)4/h7,9-10,13,15H,5-6,8H2,1-4H3. The van der Waals surface area contributed by atoms with Crippen LogP contribution in [0.3, 0.4) is 0 Å². The van der Waals surface area contributed by atoms with E-state index in [1.54, 1.807) is 0 Å². The van der Waals surface area contributed by atoms with E-state index in [1.807, 2.05) is 36.6 Å². The third-order valence-electron chi connectivity index (χ3n) is 3.23. The van der Waals surface area contributed by atoms with Gasteiger partial charge in [-0.05, 0) is 26.0 Å². The number of nitrogens with one attached hydrogen (secondary N) is 1. The Morgan fingerprint density at radius 1 is 1.37 bits per heavy atom. The van der Waals surface area contributed by atoms with Crippen LogP contribution in [0.25, 0.3) is 0 Å². The maximum Gasteiger partial charge on any atom is 0.0947 e. The highest BCUT2D eigenvalue weighted by Crippen LogP contribution is 2.17. The van der Waals surface area contributed by atoms with Crippen molar-refractivity contribution in [2.24, 2.45) is 14.1 Å². The Morgan fingerprint density at radius 3 is 2.68 bits per heavy atom. The predicted molar refractivity (Wildman–Crippen MR) is 75.9 cm³/mol. The summed E-state index contributed by atoms with van der Waals surface area (Å²) in [6.07, 6.45) is 5.96. The van der Waals surface area contributed by atoms with Crippen LogP contribution in [-0.4, -0.2) is 25.9 Å². The summed E-state index contributed by atoms with van der Waals surface area (Å²) >= 11 is 0. The monoisotopic (exact) mass is 261 g/mol. The van der Waals surface area contributed by atoms with Crippen molar-refractivity contribution in [3.05, 3.63) is 35.7 Å². The lowest BCUT2D eigenvalue weighted by atomic mass is 10.1. The molecule has 104 valence electrons. The van der Waals surface area contributed by atoms with E-state index >= 15 is 0 Å². The average Bonchev–Trinajstić information content (AvgIpc) is 2.91. The molecule has 1 atom stereocenters. The molecule has 0 amide bonds. The number of aromatic nitrogens is 4. The van der Waals surface area contributed by atoms with Gasteiger partial charge in [0.25, 0.3) is 0 Å². The summed E-state index contributed by atoms with van der Waals surface area (Å²) < 4.78 is 3.95. The molecule has 2 heterocycles. The molecule has 5 heteroatoms.